The van der Waals surface area contributed by atoms with Crippen molar-refractivity contribution in [2.45, 2.75) is 13.5 Å². The number of hydrogen-bond acceptors (Lipinski definition) is 7. The number of hydrazine groups is 1. The molecule has 0 bridgehead atoms. The summed E-state index contributed by atoms with van der Waals surface area (Å²) in [7, 11) is 0. The summed E-state index contributed by atoms with van der Waals surface area (Å²) >= 11 is 0.952. The molecule has 3 heterocycles. The lowest BCUT2D eigenvalue weighted by molar-refractivity contribution is 0.541. The molecule has 0 aliphatic carbocycles. The number of anilines is 2. The highest BCUT2D eigenvalue weighted by atomic mass is 32.1. The van der Waals surface area contributed by atoms with Gasteiger partial charge in [0.25, 0.3) is 5.56 Å². The van der Waals surface area contributed by atoms with E-state index in [1.807, 2.05) is 0 Å². The number of nitrogens with one attached hydrogen (secondary N) is 3. The maximum atomic E-state index is 15.6. The predicted molar refractivity (Wildman–Crippen MR) is 103 cm³/mol. The van der Waals surface area contributed by atoms with Crippen molar-refractivity contribution in [2.75, 3.05) is 36.5 Å². The Hall–Kier alpha value is -2.50. The monoisotopic (exact) mass is 396 g/mol. The molecule has 27 heavy (non-hydrogen) atoms. The largest absolute Gasteiger partial charge is 0.364 e. The van der Waals surface area contributed by atoms with Crippen LogP contribution in [0.15, 0.2) is 9.59 Å². The van der Waals surface area contributed by atoms with Crippen LogP contribution >= 0.6 is 11.5 Å². The van der Waals surface area contributed by atoms with Crippen LogP contribution in [0.3, 0.4) is 0 Å². The third kappa shape index (κ3) is 2.46. The highest BCUT2D eigenvalue weighted by Crippen LogP contribution is 2.37. The molecule has 1 aliphatic heterocycles. The van der Waals surface area contributed by atoms with E-state index in [1.54, 1.807) is 11.8 Å². The molecule has 0 atom stereocenters. The van der Waals surface area contributed by atoms with Crippen LogP contribution < -0.4 is 32.5 Å². The van der Waals surface area contributed by atoms with Gasteiger partial charge in [0.1, 0.15) is 21.6 Å². The Bertz CT molecular complexity index is 1160. The maximum absolute atomic E-state index is 15.6. The number of nitrogens with zero attached hydrogens (tertiary/aromatic N) is 2. The number of nitrogen functional groups attached to an aromatic ring is 1. The molecule has 0 amide bonds. The van der Waals surface area contributed by atoms with Crippen molar-refractivity contribution >= 4 is 44.0 Å². The van der Waals surface area contributed by atoms with Crippen LogP contribution in [0.25, 0.3) is 21.1 Å². The number of halogens is 2. The Morgan fingerprint density at radius 1 is 1.19 bits per heavy atom. The van der Waals surface area contributed by atoms with E-state index in [1.165, 1.54) is 4.57 Å². The van der Waals surface area contributed by atoms with Gasteiger partial charge in [-0.1, -0.05) is 0 Å². The Morgan fingerprint density at radius 3 is 2.52 bits per heavy atom. The van der Waals surface area contributed by atoms with E-state index in [-0.39, 0.29) is 34.2 Å². The third-order valence-corrected chi connectivity index (χ3v) is 5.78. The molecule has 1 aliphatic rings. The molecule has 0 spiro atoms. The molecule has 1 aromatic carbocycles. The first-order valence-electron chi connectivity index (χ1n) is 8.52. The summed E-state index contributed by atoms with van der Waals surface area (Å²) in [6, 6.07) is 0. The van der Waals surface area contributed by atoms with Crippen LogP contribution in [-0.4, -0.2) is 35.1 Å². The van der Waals surface area contributed by atoms with E-state index in [4.69, 9.17) is 5.84 Å². The first kappa shape index (κ1) is 17.9. The SMILES string of the molecule is CCn1c2s[nH]c(=O)c2c(=O)c2c(NN)c(F)c(N3CCNCC3)c(F)c21. The van der Waals surface area contributed by atoms with Gasteiger partial charge in [0.15, 0.2) is 11.6 Å². The Morgan fingerprint density at radius 2 is 1.89 bits per heavy atom. The van der Waals surface area contributed by atoms with Crippen molar-refractivity contribution in [3.8, 4) is 0 Å². The lowest BCUT2D eigenvalue weighted by Crippen LogP contribution is -2.44. The van der Waals surface area contributed by atoms with Crippen LogP contribution in [0.5, 0.6) is 0 Å². The van der Waals surface area contributed by atoms with E-state index in [9.17, 15) is 9.59 Å². The second-order valence-corrected chi connectivity index (χ2v) is 7.04. The van der Waals surface area contributed by atoms with Gasteiger partial charge in [0.05, 0.1) is 10.9 Å². The second kappa shape index (κ2) is 6.59. The second-order valence-electron chi connectivity index (χ2n) is 6.24. The first-order chi connectivity index (χ1) is 13.0. The van der Waals surface area contributed by atoms with Crippen LogP contribution in [0.2, 0.25) is 0 Å². The number of hydrogen-bond donors (Lipinski definition) is 4. The number of nitrogens with two attached hydrogens (primary N) is 1. The topological polar surface area (TPSA) is 108 Å². The number of H-pyrrole nitrogens is 1. The van der Waals surface area contributed by atoms with E-state index in [2.05, 4.69) is 15.1 Å². The third-order valence-electron chi connectivity index (χ3n) is 4.87. The predicted octanol–water partition coefficient (Wildman–Crippen LogP) is 0.898. The lowest BCUT2D eigenvalue weighted by atomic mass is 10.1. The quantitative estimate of drug-likeness (QED) is 0.387. The van der Waals surface area contributed by atoms with Gasteiger partial charge in [-0.2, -0.15) is 0 Å². The average Bonchev–Trinajstić information content (AvgIpc) is 3.06. The number of pyridine rings is 1. The number of aryl methyl sites for hydroxylation is 1. The van der Waals surface area contributed by atoms with Crippen molar-refractivity contribution in [2.24, 2.45) is 5.84 Å². The van der Waals surface area contributed by atoms with Gasteiger partial charge >= 0.3 is 0 Å². The molecule has 1 saturated heterocycles. The van der Waals surface area contributed by atoms with Crippen LogP contribution in [-0.2, 0) is 6.54 Å². The molecule has 4 rings (SSSR count). The summed E-state index contributed by atoms with van der Waals surface area (Å²) in [6.07, 6.45) is 0. The Kier molecular flexibility index (Phi) is 4.36. The highest BCUT2D eigenvalue weighted by molar-refractivity contribution is 7.12. The number of fused-ring (bicyclic) bond motifs is 2. The number of benzene rings is 1. The minimum Gasteiger partial charge on any atom is -0.364 e. The van der Waals surface area contributed by atoms with Gasteiger partial charge < -0.3 is 20.2 Å². The van der Waals surface area contributed by atoms with Crippen LogP contribution in [0.1, 0.15) is 6.92 Å². The van der Waals surface area contributed by atoms with Gasteiger partial charge in [-0.15, -0.1) is 0 Å². The van der Waals surface area contributed by atoms with Gasteiger partial charge in [0, 0.05) is 32.7 Å². The molecule has 1 fully saturated rings. The molecule has 5 N–H and O–H groups in total. The zero-order chi connectivity index (χ0) is 19.3. The van der Waals surface area contributed by atoms with E-state index in [0.717, 1.165) is 11.5 Å². The van der Waals surface area contributed by atoms with E-state index < -0.39 is 22.6 Å². The van der Waals surface area contributed by atoms with Crippen molar-refractivity contribution < 1.29 is 8.78 Å². The van der Waals surface area contributed by atoms with Crippen molar-refractivity contribution in [1.29, 1.82) is 0 Å². The molecule has 8 nitrogen and oxygen atoms in total. The molecule has 2 aromatic heterocycles. The fraction of sp³-hybridized carbons (Fsp3) is 0.375. The molecule has 3 aromatic rings. The zero-order valence-corrected chi connectivity index (χ0v) is 15.3. The summed E-state index contributed by atoms with van der Waals surface area (Å²) in [5.41, 5.74) is 0.288. The smallest absolute Gasteiger partial charge is 0.271 e. The fourth-order valence-electron chi connectivity index (χ4n) is 3.65. The van der Waals surface area contributed by atoms with Gasteiger partial charge in [-0.25, -0.2) is 8.78 Å². The summed E-state index contributed by atoms with van der Waals surface area (Å²) in [5.74, 6) is 3.74. The van der Waals surface area contributed by atoms with E-state index >= 15 is 8.78 Å². The van der Waals surface area contributed by atoms with Crippen LogP contribution in [0.4, 0.5) is 20.2 Å². The number of aromatic nitrogens is 2. The molecule has 144 valence electrons. The fourth-order valence-corrected chi connectivity index (χ4v) is 4.56. The standard InChI is InChI=1S/C16H18F2N6O2S/c1-2-24-12-7(14(25)8-15(26)22-27-16(8)24)11(21-19)9(17)13(10(12)18)23-5-3-20-4-6-23/h20-21H,2-6,19H2,1H3,(H,22,26). The Labute approximate surface area is 155 Å². The normalized spacial score (nSPS) is 15.0. The molecule has 0 unspecified atom stereocenters. The summed E-state index contributed by atoms with van der Waals surface area (Å²) < 4.78 is 34.8. The van der Waals surface area contributed by atoms with Crippen LogP contribution in [0, 0.1) is 11.6 Å². The summed E-state index contributed by atoms with van der Waals surface area (Å²) in [5, 5.41) is 2.74. The summed E-state index contributed by atoms with van der Waals surface area (Å²) in [4.78, 5) is 26.9. The van der Waals surface area contributed by atoms with Gasteiger partial charge in [0.2, 0.25) is 5.43 Å². The van der Waals surface area contributed by atoms with Gasteiger partial charge in [-0.05, 0) is 18.5 Å². The maximum Gasteiger partial charge on any atom is 0.271 e. The van der Waals surface area contributed by atoms with Crippen molar-refractivity contribution in [3.05, 3.63) is 32.2 Å². The van der Waals surface area contributed by atoms with Gasteiger partial charge in [-0.3, -0.25) is 19.8 Å². The molecule has 0 saturated carbocycles. The van der Waals surface area contributed by atoms with Crippen molar-refractivity contribution in [3.63, 3.8) is 0 Å². The molecular weight excluding hydrogens is 378 g/mol. The first-order valence-corrected chi connectivity index (χ1v) is 9.33. The zero-order valence-electron chi connectivity index (χ0n) is 14.5. The number of rotatable bonds is 3. The summed E-state index contributed by atoms with van der Waals surface area (Å²) in [6.45, 7) is 4.05. The molecule has 0 radical (unpaired) electrons. The minimum absolute atomic E-state index is 0.0619. The number of piperazine rings is 1. The van der Waals surface area contributed by atoms with E-state index in [0.29, 0.717) is 31.0 Å². The average molecular weight is 396 g/mol. The molecular formula is C16H18F2N6O2S. The number of aromatic amines is 1. The Balaban J connectivity index is 2.23. The minimum atomic E-state index is -0.935. The lowest BCUT2D eigenvalue weighted by Gasteiger charge is -2.31. The molecule has 11 heteroatoms. The highest BCUT2D eigenvalue weighted by Gasteiger charge is 2.29. The van der Waals surface area contributed by atoms with Crippen molar-refractivity contribution in [1.82, 2.24) is 14.3 Å².